The zero-order valence-corrected chi connectivity index (χ0v) is 14.1. The van der Waals surface area contributed by atoms with Crippen molar-refractivity contribution in [3.63, 3.8) is 0 Å². The zero-order chi connectivity index (χ0) is 13.2. The van der Waals surface area contributed by atoms with Crippen molar-refractivity contribution in [2.45, 2.75) is 51.0 Å². The molecule has 2 fully saturated rings. The lowest BCUT2D eigenvalue weighted by molar-refractivity contribution is 0.0992. The number of hydrogen-bond donors (Lipinski definition) is 2. The summed E-state index contributed by atoms with van der Waals surface area (Å²) in [5.74, 6) is 1.60. The van der Waals surface area contributed by atoms with E-state index in [1.165, 1.54) is 6.42 Å². The quantitative estimate of drug-likeness (QED) is 0.465. The van der Waals surface area contributed by atoms with Crippen LogP contribution in [0.3, 0.4) is 0 Å². The van der Waals surface area contributed by atoms with E-state index in [4.69, 9.17) is 9.26 Å². The van der Waals surface area contributed by atoms with Gasteiger partial charge in [-0.2, -0.15) is 0 Å². The number of guanidine groups is 1. The van der Waals surface area contributed by atoms with E-state index in [0.29, 0.717) is 24.8 Å². The van der Waals surface area contributed by atoms with Gasteiger partial charge in [0.1, 0.15) is 0 Å². The molecular formula is C13H21IN4O2. The van der Waals surface area contributed by atoms with E-state index in [9.17, 15) is 0 Å². The van der Waals surface area contributed by atoms with Crippen LogP contribution in [0.15, 0.2) is 15.6 Å². The predicted octanol–water partition coefficient (Wildman–Crippen LogP) is 1.59. The van der Waals surface area contributed by atoms with Gasteiger partial charge in [0.25, 0.3) is 0 Å². The van der Waals surface area contributed by atoms with Crippen molar-refractivity contribution in [2.75, 3.05) is 7.05 Å². The lowest BCUT2D eigenvalue weighted by Gasteiger charge is -2.22. The van der Waals surface area contributed by atoms with Gasteiger partial charge in [-0.1, -0.05) is 5.16 Å². The Labute approximate surface area is 135 Å². The molecule has 3 unspecified atom stereocenters. The van der Waals surface area contributed by atoms with Crippen LogP contribution in [0.2, 0.25) is 0 Å². The zero-order valence-electron chi connectivity index (χ0n) is 11.8. The molecule has 2 aliphatic heterocycles. The SMILES string of the molecule is CN=C(NCc1cc(C)no1)NC1CC2CCC1O2.I. The van der Waals surface area contributed by atoms with Crippen LogP contribution < -0.4 is 10.6 Å². The normalized spacial score (nSPS) is 28.3. The minimum atomic E-state index is 0. The Morgan fingerprint density at radius 1 is 1.50 bits per heavy atom. The summed E-state index contributed by atoms with van der Waals surface area (Å²) in [5.41, 5.74) is 0.890. The third kappa shape index (κ3) is 3.43. The second kappa shape index (κ2) is 6.75. The Kier molecular flexibility index (Phi) is 5.25. The Hall–Kier alpha value is -0.830. The van der Waals surface area contributed by atoms with Crippen molar-refractivity contribution >= 4 is 29.9 Å². The Morgan fingerprint density at radius 3 is 2.90 bits per heavy atom. The molecule has 112 valence electrons. The highest BCUT2D eigenvalue weighted by molar-refractivity contribution is 14.0. The Balaban J connectivity index is 0.00000147. The highest BCUT2D eigenvalue weighted by Gasteiger charge is 2.41. The van der Waals surface area contributed by atoms with Crippen LogP contribution in [0.1, 0.15) is 30.7 Å². The van der Waals surface area contributed by atoms with Gasteiger partial charge in [-0.3, -0.25) is 4.99 Å². The number of aromatic nitrogens is 1. The molecule has 0 aliphatic carbocycles. The topological polar surface area (TPSA) is 71.7 Å². The van der Waals surface area contributed by atoms with Crippen molar-refractivity contribution < 1.29 is 9.26 Å². The number of fused-ring (bicyclic) bond motifs is 2. The van der Waals surface area contributed by atoms with Gasteiger partial charge in [0.2, 0.25) is 0 Å². The van der Waals surface area contributed by atoms with Crippen LogP contribution in [-0.2, 0) is 11.3 Å². The average Bonchev–Trinajstić information content (AvgIpc) is 3.11. The van der Waals surface area contributed by atoms with Crippen LogP contribution in [0, 0.1) is 6.92 Å². The van der Waals surface area contributed by atoms with E-state index in [-0.39, 0.29) is 24.0 Å². The number of nitrogens with one attached hydrogen (secondary N) is 2. The van der Waals surface area contributed by atoms with Crippen LogP contribution in [-0.4, -0.2) is 36.4 Å². The van der Waals surface area contributed by atoms with E-state index in [1.807, 2.05) is 13.0 Å². The molecule has 1 aromatic rings. The third-order valence-corrected chi connectivity index (χ3v) is 3.76. The third-order valence-electron chi connectivity index (χ3n) is 3.76. The predicted molar refractivity (Wildman–Crippen MR) is 86.3 cm³/mol. The fraction of sp³-hybridized carbons (Fsp3) is 0.692. The molecule has 3 atom stereocenters. The van der Waals surface area contributed by atoms with E-state index in [0.717, 1.165) is 30.3 Å². The summed E-state index contributed by atoms with van der Waals surface area (Å²) in [4.78, 5) is 4.23. The Bertz CT molecular complexity index is 477. The number of nitrogens with zero attached hydrogens (tertiary/aromatic N) is 2. The smallest absolute Gasteiger partial charge is 0.191 e. The molecule has 2 bridgehead atoms. The van der Waals surface area contributed by atoms with Crippen LogP contribution in [0.25, 0.3) is 0 Å². The average molecular weight is 392 g/mol. The van der Waals surface area contributed by atoms with Gasteiger partial charge in [-0.05, 0) is 26.2 Å². The van der Waals surface area contributed by atoms with Crippen molar-refractivity contribution in [3.8, 4) is 0 Å². The van der Waals surface area contributed by atoms with Gasteiger partial charge in [0, 0.05) is 13.1 Å². The van der Waals surface area contributed by atoms with Gasteiger partial charge in [0.05, 0.1) is 30.5 Å². The molecule has 2 aliphatic rings. The van der Waals surface area contributed by atoms with E-state index >= 15 is 0 Å². The number of aliphatic imine (C=N–C) groups is 1. The second-order valence-electron chi connectivity index (χ2n) is 5.22. The van der Waals surface area contributed by atoms with Crippen molar-refractivity contribution in [1.29, 1.82) is 0 Å². The van der Waals surface area contributed by atoms with Gasteiger partial charge in [-0.25, -0.2) is 0 Å². The summed E-state index contributed by atoms with van der Waals surface area (Å²) in [6.07, 6.45) is 4.22. The molecule has 0 spiro atoms. The fourth-order valence-electron chi connectivity index (χ4n) is 2.83. The number of halogens is 1. The maximum atomic E-state index is 5.82. The first-order valence-corrected chi connectivity index (χ1v) is 6.79. The number of ether oxygens (including phenoxy) is 1. The van der Waals surface area contributed by atoms with E-state index in [2.05, 4.69) is 20.8 Å². The monoisotopic (exact) mass is 392 g/mol. The van der Waals surface area contributed by atoms with Gasteiger partial charge < -0.3 is 19.9 Å². The number of aryl methyl sites for hydroxylation is 1. The molecule has 3 rings (SSSR count). The summed E-state index contributed by atoms with van der Waals surface area (Å²) in [6.45, 7) is 2.49. The highest BCUT2D eigenvalue weighted by atomic mass is 127. The molecule has 0 amide bonds. The molecular weight excluding hydrogens is 371 g/mol. The Morgan fingerprint density at radius 2 is 2.35 bits per heavy atom. The van der Waals surface area contributed by atoms with E-state index < -0.39 is 0 Å². The largest absolute Gasteiger partial charge is 0.373 e. The molecule has 0 radical (unpaired) electrons. The number of hydrogen-bond acceptors (Lipinski definition) is 4. The summed E-state index contributed by atoms with van der Waals surface area (Å²) < 4.78 is 11.0. The second-order valence-corrected chi connectivity index (χ2v) is 5.22. The standard InChI is InChI=1S/C13H20N4O2.HI/c1-8-5-10(19-17-8)7-15-13(14-2)16-11-6-9-3-4-12(11)18-9;/h5,9,11-12H,3-4,6-7H2,1-2H3,(H2,14,15,16);1H. The minimum Gasteiger partial charge on any atom is -0.373 e. The van der Waals surface area contributed by atoms with Crippen LogP contribution in [0.5, 0.6) is 0 Å². The maximum Gasteiger partial charge on any atom is 0.191 e. The molecule has 6 nitrogen and oxygen atoms in total. The first kappa shape index (κ1) is 15.6. The van der Waals surface area contributed by atoms with Crippen molar-refractivity contribution in [3.05, 3.63) is 17.5 Å². The molecule has 0 aromatic carbocycles. The lowest BCUT2D eigenvalue weighted by atomic mass is 9.96. The van der Waals surface area contributed by atoms with Gasteiger partial charge in [0.15, 0.2) is 11.7 Å². The molecule has 0 saturated carbocycles. The van der Waals surface area contributed by atoms with Crippen LogP contribution >= 0.6 is 24.0 Å². The first-order valence-electron chi connectivity index (χ1n) is 6.79. The summed E-state index contributed by atoms with van der Waals surface area (Å²) in [5, 5.41) is 10.5. The van der Waals surface area contributed by atoms with Gasteiger partial charge >= 0.3 is 0 Å². The van der Waals surface area contributed by atoms with Crippen LogP contribution in [0.4, 0.5) is 0 Å². The lowest BCUT2D eigenvalue weighted by Crippen LogP contribution is -2.47. The molecule has 7 heteroatoms. The van der Waals surface area contributed by atoms with Crippen molar-refractivity contribution in [1.82, 2.24) is 15.8 Å². The molecule has 1 aromatic heterocycles. The summed E-state index contributed by atoms with van der Waals surface area (Å²) >= 11 is 0. The molecule has 3 heterocycles. The van der Waals surface area contributed by atoms with Gasteiger partial charge in [-0.15, -0.1) is 24.0 Å². The molecule has 2 saturated heterocycles. The summed E-state index contributed by atoms with van der Waals surface area (Å²) in [7, 11) is 1.77. The maximum absolute atomic E-state index is 5.82. The molecule has 2 N–H and O–H groups in total. The van der Waals surface area contributed by atoms with E-state index in [1.54, 1.807) is 7.05 Å². The molecule has 20 heavy (non-hydrogen) atoms. The van der Waals surface area contributed by atoms with Crippen molar-refractivity contribution in [2.24, 2.45) is 4.99 Å². The number of rotatable bonds is 3. The first-order chi connectivity index (χ1) is 9.24. The highest BCUT2D eigenvalue weighted by Crippen LogP contribution is 2.34. The summed E-state index contributed by atoms with van der Waals surface area (Å²) in [6, 6.07) is 2.29. The fourth-order valence-corrected chi connectivity index (χ4v) is 2.83. The minimum absolute atomic E-state index is 0.